The predicted molar refractivity (Wildman–Crippen MR) is 80.3 cm³/mol. The van der Waals surface area contributed by atoms with E-state index in [9.17, 15) is 0 Å². The first-order valence-corrected chi connectivity index (χ1v) is 8.20. The third kappa shape index (κ3) is 2.26. The van der Waals surface area contributed by atoms with Gasteiger partial charge >= 0.3 is 0 Å². The second-order valence-corrected chi connectivity index (χ2v) is 6.74. The molecular weight excluding hydrogens is 304 g/mol. The van der Waals surface area contributed by atoms with Crippen molar-refractivity contribution in [3.8, 4) is 11.5 Å². The SMILES string of the molecule is CCOc1ccccc1OC1CC(Br)C12CCCC2. The van der Waals surface area contributed by atoms with Crippen molar-refractivity contribution >= 4 is 15.9 Å². The van der Waals surface area contributed by atoms with Crippen LogP contribution in [-0.4, -0.2) is 17.5 Å². The van der Waals surface area contributed by atoms with Gasteiger partial charge in [0.05, 0.1) is 6.61 Å². The van der Waals surface area contributed by atoms with Gasteiger partial charge in [0, 0.05) is 10.2 Å². The van der Waals surface area contributed by atoms with Crippen LogP contribution in [0.2, 0.25) is 0 Å². The number of alkyl halides is 1. The van der Waals surface area contributed by atoms with Crippen molar-refractivity contribution in [1.29, 1.82) is 0 Å². The van der Waals surface area contributed by atoms with E-state index >= 15 is 0 Å². The molecule has 2 saturated carbocycles. The summed E-state index contributed by atoms with van der Waals surface area (Å²) in [7, 11) is 0. The summed E-state index contributed by atoms with van der Waals surface area (Å²) in [5, 5.41) is 0. The highest BCUT2D eigenvalue weighted by Crippen LogP contribution is 2.58. The molecule has 3 rings (SSSR count). The van der Waals surface area contributed by atoms with Gasteiger partial charge in [0.25, 0.3) is 0 Å². The molecule has 0 aliphatic heterocycles. The molecule has 0 amide bonds. The van der Waals surface area contributed by atoms with E-state index in [0.29, 0.717) is 23.0 Å². The number of ether oxygens (including phenoxy) is 2. The Balaban J connectivity index is 1.75. The van der Waals surface area contributed by atoms with Crippen LogP contribution in [-0.2, 0) is 0 Å². The van der Waals surface area contributed by atoms with Crippen LogP contribution in [0.4, 0.5) is 0 Å². The Kier molecular flexibility index (Phi) is 3.75. The van der Waals surface area contributed by atoms with Crippen LogP contribution < -0.4 is 9.47 Å². The van der Waals surface area contributed by atoms with E-state index in [2.05, 4.69) is 15.9 Å². The van der Waals surface area contributed by atoms with E-state index in [1.54, 1.807) is 0 Å². The van der Waals surface area contributed by atoms with Crippen LogP contribution in [0.15, 0.2) is 24.3 Å². The van der Waals surface area contributed by atoms with Crippen molar-refractivity contribution in [2.45, 2.75) is 50.0 Å². The first-order valence-electron chi connectivity index (χ1n) is 7.29. The molecule has 0 bridgehead atoms. The second-order valence-electron chi connectivity index (χ2n) is 5.63. The molecule has 0 aromatic heterocycles. The van der Waals surface area contributed by atoms with Crippen molar-refractivity contribution in [1.82, 2.24) is 0 Å². The molecule has 2 atom stereocenters. The lowest BCUT2D eigenvalue weighted by atomic mass is 9.64. The standard InChI is InChI=1S/C16H21BrO2/c1-2-18-12-7-3-4-8-13(12)19-15-11-14(17)16(15)9-5-6-10-16/h3-4,7-8,14-15H,2,5-6,9-11H2,1H3. The van der Waals surface area contributed by atoms with Crippen LogP contribution in [0.1, 0.15) is 39.0 Å². The van der Waals surface area contributed by atoms with E-state index in [1.807, 2.05) is 31.2 Å². The summed E-state index contributed by atoms with van der Waals surface area (Å²) in [4.78, 5) is 0.631. The Morgan fingerprint density at radius 1 is 1.21 bits per heavy atom. The lowest BCUT2D eigenvalue weighted by Gasteiger charge is -2.51. The summed E-state index contributed by atoms with van der Waals surface area (Å²) >= 11 is 3.84. The fraction of sp³-hybridized carbons (Fsp3) is 0.625. The highest BCUT2D eigenvalue weighted by atomic mass is 79.9. The quantitative estimate of drug-likeness (QED) is 0.756. The molecule has 19 heavy (non-hydrogen) atoms. The minimum absolute atomic E-state index is 0.348. The van der Waals surface area contributed by atoms with Crippen molar-refractivity contribution in [2.75, 3.05) is 6.61 Å². The van der Waals surface area contributed by atoms with Crippen LogP contribution >= 0.6 is 15.9 Å². The molecule has 1 spiro atoms. The number of para-hydroxylation sites is 2. The molecule has 2 aliphatic carbocycles. The van der Waals surface area contributed by atoms with Gasteiger partial charge in [0.15, 0.2) is 11.5 Å². The Labute approximate surface area is 123 Å². The van der Waals surface area contributed by atoms with Crippen LogP contribution in [0.25, 0.3) is 0 Å². The zero-order valence-electron chi connectivity index (χ0n) is 11.4. The number of hydrogen-bond acceptors (Lipinski definition) is 2. The molecule has 1 aromatic rings. The summed E-state index contributed by atoms with van der Waals surface area (Å²) in [6.07, 6.45) is 6.74. The van der Waals surface area contributed by atoms with E-state index in [4.69, 9.17) is 9.47 Å². The van der Waals surface area contributed by atoms with Gasteiger partial charge in [0.1, 0.15) is 6.10 Å². The second kappa shape index (κ2) is 5.35. The number of halogens is 1. The van der Waals surface area contributed by atoms with E-state index in [0.717, 1.165) is 17.9 Å². The van der Waals surface area contributed by atoms with Gasteiger partial charge in [-0.3, -0.25) is 0 Å². The fourth-order valence-corrected chi connectivity index (χ4v) is 4.60. The molecule has 1 aromatic carbocycles. The molecule has 104 valence electrons. The molecule has 2 unspecified atom stereocenters. The van der Waals surface area contributed by atoms with E-state index in [-0.39, 0.29) is 0 Å². The van der Waals surface area contributed by atoms with Crippen LogP contribution in [0.5, 0.6) is 11.5 Å². The minimum atomic E-state index is 0.348. The third-order valence-electron chi connectivity index (χ3n) is 4.64. The summed E-state index contributed by atoms with van der Waals surface area (Å²) in [5.41, 5.74) is 0.374. The molecule has 2 fully saturated rings. The third-order valence-corrected chi connectivity index (χ3v) is 5.92. The Hall–Kier alpha value is -0.700. The van der Waals surface area contributed by atoms with E-state index < -0.39 is 0 Å². The molecule has 2 nitrogen and oxygen atoms in total. The Morgan fingerprint density at radius 2 is 1.89 bits per heavy atom. The number of hydrogen-bond donors (Lipinski definition) is 0. The summed E-state index contributed by atoms with van der Waals surface area (Å²) in [6.45, 7) is 2.68. The van der Waals surface area contributed by atoms with Gasteiger partial charge in [-0.05, 0) is 38.3 Å². The normalized spacial score (nSPS) is 28.1. The number of rotatable bonds is 4. The molecular formula is C16H21BrO2. The van der Waals surface area contributed by atoms with Gasteiger partial charge in [-0.1, -0.05) is 40.9 Å². The van der Waals surface area contributed by atoms with Crippen LogP contribution in [0.3, 0.4) is 0 Å². The molecule has 0 radical (unpaired) electrons. The van der Waals surface area contributed by atoms with Crippen molar-refractivity contribution in [2.24, 2.45) is 5.41 Å². The molecule has 0 heterocycles. The maximum absolute atomic E-state index is 6.29. The number of benzene rings is 1. The summed E-state index contributed by atoms with van der Waals surface area (Å²) < 4.78 is 11.9. The first kappa shape index (κ1) is 13.3. The van der Waals surface area contributed by atoms with Gasteiger partial charge in [0.2, 0.25) is 0 Å². The Bertz CT molecular complexity index is 440. The van der Waals surface area contributed by atoms with E-state index in [1.165, 1.54) is 25.7 Å². The van der Waals surface area contributed by atoms with Gasteiger partial charge < -0.3 is 9.47 Å². The lowest BCUT2D eigenvalue weighted by molar-refractivity contribution is -0.0318. The summed E-state index contributed by atoms with van der Waals surface area (Å²) in [6, 6.07) is 8.03. The first-order chi connectivity index (χ1) is 9.26. The zero-order valence-corrected chi connectivity index (χ0v) is 13.0. The molecule has 0 saturated heterocycles. The van der Waals surface area contributed by atoms with Gasteiger partial charge in [-0.15, -0.1) is 0 Å². The highest BCUT2D eigenvalue weighted by molar-refractivity contribution is 9.09. The topological polar surface area (TPSA) is 18.5 Å². The van der Waals surface area contributed by atoms with Gasteiger partial charge in [-0.25, -0.2) is 0 Å². The fourth-order valence-electron chi connectivity index (χ4n) is 3.51. The molecule has 2 aliphatic rings. The van der Waals surface area contributed by atoms with Crippen molar-refractivity contribution in [3.63, 3.8) is 0 Å². The van der Waals surface area contributed by atoms with Crippen LogP contribution in [0, 0.1) is 5.41 Å². The smallest absolute Gasteiger partial charge is 0.161 e. The van der Waals surface area contributed by atoms with Gasteiger partial charge in [-0.2, -0.15) is 0 Å². The maximum atomic E-state index is 6.29. The average Bonchev–Trinajstić information content (AvgIpc) is 2.93. The maximum Gasteiger partial charge on any atom is 0.161 e. The Morgan fingerprint density at radius 3 is 2.53 bits per heavy atom. The monoisotopic (exact) mass is 324 g/mol. The largest absolute Gasteiger partial charge is 0.490 e. The predicted octanol–water partition coefficient (Wildman–Crippen LogP) is 4.56. The summed E-state index contributed by atoms with van der Waals surface area (Å²) in [5.74, 6) is 1.77. The zero-order chi connectivity index (χ0) is 13.3. The average molecular weight is 325 g/mol. The van der Waals surface area contributed by atoms with Crippen molar-refractivity contribution in [3.05, 3.63) is 24.3 Å². The highest BCUT2D eigenvalue weighted by Gasteiger charge is 2.56. The van der Waals surface area contributed by atoms with Crippen molar-refractivity contribution < 1.29 is 9.47 Å². The molecule has 0 N–H and O–H groups in total. The minimum Gasteiger partial charge on any atom is -0.490 e. The lowest BCUT2D eigenvalue weighted by Crippen LogP contribution is -2.55. The molecule has 3 heteroatoms.